The van der Waals surface area contributed by atoms with Crippen LogP contribution in [-0.2, 0) is 17.8 Å². The molecule has 5 nitrogen and oxygen atoms in total. The summed E-state index contributed by atoms with van der Waals surface area (Å²) in [6, 6.07) is 17.6. The summed E-state index contributed by atoms with van der Waals surface area (Å²) in [5, 5.41) is 12.2. The number of hydrogen-bond donors (Lipinski definition) is 1. The van der Waals surface area contributed by atoms with Gasteiger partial charge in [0.2, 0.25) is 5.91 Å². The summed E-state index contributed by atoms with van der Waals surface area (Å²) in [6.07, 6.45) is 2.49. The van der Waals surface area contributed by atoms with Crippen molar-refractivity contribution < 1.29 is 4.79 Å². The first-order valence-corrected chi connectivity index (χ1v) is 10.2. The maximum absolute atomic E-state index is 12.3. The predicted octanol–water partition coefficient (Wildman–Crippen LogP) is 4.55. The lowest BCUT2D eigenvalue weighted by Crippen LogP contribution is -2.15. The number of para-hydroxylation sites is 1. The van der Waals surface area contributed by atoms with Crippen LogP contribution in [0.25, 0.3) is 0 Å². The number of nitrogens with zero attached hydrogens (tertiary/aromatic N) is 3. The van der Waals surface area contributed by atoms with Gasteiger partial charge in [0.15, 0.2) is 5.16 Å². The van der Waals surface area contributed by atoms with E-state index in [0.717, 1.165) is 16.0 Å². The zero-order valence-electron chi connectivity index (χ0n) is 14.6. The van der Waals surface area contributed by atoms with Crippen molar-refractivity contribution in [3.05, 3.63) is 83.1 Å². The first kappa shape index (κ1) is 19.4. The van der Waals surface area contributed by atoms with E-state index in [0.29, 0.717) is 18.1 Å². The molecule has 7 heteroatoms. The van der Waals surface area contributed by atoms with Crippen LogP contribution in [0.1, 0.15) is 11.4 Å². The van der Waals surface area contributed by atoms with Crippen LogP contribution in [0.4, 0.5) is 5.69 Å². The molecule has 1 amide bonds. The first-order valence-electron chi connectivity index (χ1n) is 8.41. The second-order valence-electron chi connectivity index (χ2n) is 5.78. The number of rotatable bonds is 8. The van der Waals surface area contributed by atoms with Crippen molar-refractivity contribution in [2.24, 2.45) is 0 Å². The molecule has 0 saturated carbocycles. The van der Waals surface area contributed by atoms with Crippen LogP contribution in [0.3, 0.4) is 0 Å². The van der Waals surface area contributed by atoms with Gasteiger partial charge in [-0.1, -0.05) is 60.3 Å². The summed E-state index contributed by atoms with van der Waals surface area (Å²) >= 11 is 4.79. The van der Waals surface area contributed by atoms with E-state index < -0.39 is 0 Å². The van der Waals surface area contributed by atoms with Crippen LogP contribution in [0.5, 0.6) is 0 Å². The van der Waals surface area contributed by atoms with Crippen molar-refractivity contribution in [1.29, 1.82) is 0 Å². The Balaban J connectivity index is 1.66. The van der Waals surface area contributed by atoms with Gasteiger partial charge in [-0.3, -0.25) is 4.79 Å². The first-order chi connectivity index (χ1) is 13.2. The summed E-state index contributed by atoms with van der Waals surface area (Å²) in [7, 11) is 0. The lowest BCUT2D eigenvalue weighted by molar-refractivity contribution is -0.113. The monoisotopic (exact) mass is 442 g/mol. The van der Waals surface area contributed by atoms with Gasteiger partial charge in [-0.2, -0.15) is 0 Å². The number of nitrogens with one attached hydrogen (secondary N) is 1. The van der Waals surface area contributed by atoms with E-state index in [9.17, 15) is 4.79 Å². The number of aromatic nitrogens is 3. The Kier molecular flexibility index (Phi) is 6.84. The number of amides is 1. The van der Waals surface area contributed by atoms with E-state index in [1.165, 1.54) is 17.3 Å². The molecule has 3 rings (SSSR count). The normalized spacial score (nSPS) is 10.6. The number of carbonyl (C=O) groups is 1. The number of benzene rings is 2. The molecule has 0 atom stereocenters. The molecule has 0 aliphatic carbocycles. The largest absolute Gasteiger partial charge is 0.324 e. The molecular weight excluding hydrogens is 424 g/mol. The van der Waals surface area contributed by atoms with Gasteiger partial charge in [0, 0.05) is 17.4 Å². The SMILES string of the molecule is C=CCn1c(Cc2ccccc2)nnc1SCC(=O)Nc1ccccc1Br. The summed E-state index contributed by atoms with van der Waals surface area (Å²) < 4.78 is 2.85. The number of anilines is 1. The van der Waals surface area contributed by atoms with Crippen molar-refractivity contribution in [2.45, 2.75) is 18.1 Å². The van der Waals surface area contributed by atoms with Crippen LogP contribution in [0.15, 0.2) is 76.9 Å². The molecular formula is C20H19BrN4OS. The number of allylic oxidation sites excluding steroid dienone is 1. The van der Waals surface area contributed by atoms with Crippen molar-refractivity contribution in [1.82, 2.24) is 14.8 Å². The van der Waals surface area contributed by atoms with Gasteiger partial charge in [-0.15, -0.1) is 16.8 Å². The Hall–Kier alpha value is -2.38. The highest BCUT2D eigenvalue weighted by atomic mass is 79.9. The maximum Gasteiger partial charge on any atom is 0.234 e. The highest BCUT2D eigenvalue weighted by Gasteiger charge is 2.14. The average Bonchev–Trinajstić information content (AvgIpc) is 3.05. The molecule has 1 N–H and O–H groups in total. The van der Waals surface area contributed by atoms with Crippen LogP contribution in [0, 0.1) is 0 Å². The molecule has 0 bridgehead atoms. The third kappa shape index (κ3) is 5.30. The van der Waals surface area contributed by atoms with E-state index in [4.69, 9.17) is 0 Å². The Bertz CT molecular complexity index is 927. The lowest BCUT2D eigenvalue weighted by Gasteiger charge is -2.09. The van der Waals surface area contributed by atoms with Crippen LogP contribution in [-0.4, -0.2) is 26.4 Å². The molecule has 1 heterocycles. The van der Waals surface area contributed by atoms with Gasteiger partial charge in [0.25, 0.3) is 0 Å². The minimum atomic E-state index is -0.0929. The fraction of sp³-hybridized carbons (Fsp3) is 0.150. The van der Waals surface area contributed by atoms with Gasteiger partial charge in [-0.05, 0) is 33.6 Å². The van der Waals surface area contributed by atoms with E-state index in [1.54, 1.807) is 0 Å². The van der Waals surface area contributed by atoms with Crippen molar-refractivity contribution in [3.63, 3.8) is 0 Å². The van der Waals surface area contributed by atoms with Gasteiger partial charge in [0.1, 0.15) is 5.82 Å². The molecule has 0 spiro atoms. The third-order valence-corrected chi connectivity index (χ3v) is 5.45. The number of carbonyl (C=O) groups excluding carboxylic acids is 1. The standard InChI is InChI=1S/C20H19BrN4OS/c1-2-12-25-18(13-15-8-4-3-5-9-15)23-24-20(25)27-14-19(26)22-17-11-7-6-10-16(17)21/h2-11H,1,12-14H2,(H,22,26). The van der Waals surface area contributed by atoms with Crippen molar-refractivity contribution >= 4 is 39.3 Å². The highest BCUT2D eigenvalue weighted by Crippen LogP contribution is 2.23. The molecule has 3 aromatic rings. The van der Waals surface area contributed by atoms with Gasteiger partial charge < -0.3 is 9.88 Å². The third-order valence-electron chi connectivity index (χ3n) is 3.79. The molecule has 0 radical (unpaired) electrons. The Morgan fingerprint density at radius 2 is 1.89 bits per heavy atom. The second-order valence-corrected chi connectivity index (χ2v) is 7.57. The molecule has 1 aromatic heterocycles. The number of halogens is 1. The van der Waals surface area contributed by atoms with Crippen molar-refractivity contribution in [2.75, 3.05) is 11.1 Å². The summed E-state index contributed by atoms with van der Waals surface area (Å²) in [6.45, 7) is 4.42. The molecule has 138 valence electrons. The van der Waals surface area contributed by atoms with Crippen LogP contribution < -0.4 is 5.32 Å². The molecule has 0 unspecified atom stereocenters. The Morgan fingerprint density at radius 3 is 2.63 bits per heavy atom. The van der Waals surface area contributed by atoms with Gasteiger partial charge in [0.05, 0.1) is 11.4 Å². The molecule has 0 aliphatic heterocycles. The zero-order chi connectivity index (χ0) is 19.1. The fourth-order valence-corrected chi connectivity index (χ4v) is 3.68. The van der Waals surface area contributed by atoms with Crippen molar-refractivity contribution in [3.8, 4) is 0 Å². The quantitative estimate of drug-likeness (QED) is 0.410. The van der Waals surface area contributed by atoms with Gasteiger partial charge in [-0.25, -0.2) is 0 Å². The van der Waals surface area contributed by atoms with E-state index in [2.05, 4.69) is 50.2 Å². The zero-order valence-corrected chi connectivity index (χ0v) is 17.0. The predicted molar refractivity (Wildman–Crippen MR) is 113 cm³/mol. The van der Waals surface area contributed by atoms with Crippen LogP contribution >= 0.6 is 27.7 Å². The van der Waals surface area contributed by atoms with Gasteiger partial charge >= 0.3 is 0 Å². The lowest BCUT2D eigenvalue weighted by atomic mass is 10.1. The maximum atomic E-state index is 12.3. The Morgan fingerprint density at radius 1 is 1.15 bits per heavy atom. The molecule has 27 heavy (non-hydrogen) atoms. The van der Waals surface area contributed by atoms with E-state index >= 15 is 0 Å². The molecule has 0 saturated heterocycles. The number of thioether (sulfide) groups is 1. The summed E-state index contributed by atoms with van der Waals surface area (Å²) in [4.78, 5) is 12.3. The fourth-order valence-electron chi connectivity index (χ4n) is 2.53. The van der Waals surface area contributed by atoms with Crippen LogP contribution in [0.2, 0.25) is 0 Å². The Labute approximate surface area is 171 Å². The number of hydrogen-bond acceptors (Lipinski definition) is 4. The average molecular weight is 443 g/mol. The molecule has 0 aliphatic rings. The molecule has 2 aromatic carbocycles. The molecule has 0 fully saturated rings. The van der Waals surface area contributed by atoms with E-state index in [-0.39, 0.29) is 11.7 Å². The summed E-state index contributed by atoms with van der Waals surface area (Å²) in [5.74, 6) is 1.02. The van der Waals surface area contributed by atoms with E-state index in [1.807, 2.05) is 53.1 Å². The minimum absolute atomic E-state index is 0.0929. The minimum Gasteiger partial charge on any atom is -0.324 e. The summed E-state index contributed by atoms with van der Waals surface area (Å²) in [5.41, 5.74) is 1.92. The second kappa shape index (κ2) is 9.53. The smallest absolute Gasteiger partial charge is 0.234 e. The highest BCUT2D eigenvalue weighted by molar-refractivity contribution is 9.10. The topological polar surface area (TPSA) is 59.8 Å².